The van der Waals surface area contributed by atoms with E-state index in [0.29, 0.717) is 5.75 Å². The SMILES string of the molecule is Cc1ccc(OCC(=O)NC(CC(=O)O)C(=O)O)cc1C. The number of carbonyl (C=O) groups is 3. The maximum atomic E-state index is 11.6. The van der Waals surface area contributed by atoms with Gasteiger partial charge in [-0.3, -0.25) is 9.59 Å². The van der Waals surface area contributed by atoms with Crippen molar-refractivity contribution in [3.8, 4) is 5.75 Å². The van der Waals surface area contributed by atoms with Gasteiger partial charge in [-0.25, -0.2) is 4.79 Å². The fourth-order valence-electron chi connectivity index (χ4n) is 1.56. The lowest BCUT2D eigenvalue weighted by Gasteiger charge is -2.13. The van der Waals surface area contributed by atoms with Crippen LogP contribution in [-0.4, -0.2) is 40.7 Å². The number of hydrogen-bond acceptors (Lipinski definition) is 4. The molecule has 1 amide bonds. The Labute approximate surface area is 121 Å². The standard InChI is InChI=1S/C14H17NO6/c1-8-3-4-10(5-9(8)2)21-7-12(16)15-11(14(19)20)6-13(17)18/h3-5,11H,6-7H2,1-2H3,(H,15,16)(H,17,18)(H,19,20). The zero-order valence-corrected chi connectivity index (χ0v) is 11.8. The summed E-state index contributed by atoms with van der Waals surface area (Å²) in [6, 6.07) is 3.82. The second kappa shape index (κ2) is 7.28. The molecule has 0 fully saturated rings. The highest BCUT2D eigenvalue weighted by Gasteiger charge is 2.23. The summed E-state index contributed by atoms with van der Waals surface area (Å²) < 4.78 is 5.24. The topological polar surface area (TPSA) is 113 Å². The first kappa shape index (κ1) is 16.5. The average Bonchev–Trinajstić information content (AvgIpc) is 2.38. The molecule has 0 heterocycles. The van der Waals surface area contributed by atoms with Crippen LogP contribution in [-0.2, 0) is 14.4 Å². The van der Waals surface area contributed by atoms with Crippen LogP contribution in [0.1, 0.15) is 17.5 Å². The molecule has 0 aliphatic carbocycles. The van der Waals surface area contributed by atoms with Crippen molar-refractivity contribution < 1.29 is 29.3 Å². The number of carboxylic acids is 2. The summed E-state index contributed by atoms with van der Waals surface area (Å²) in [5, 5.41) is 19.5. The van der Waals surface area contributed by atoms with E-state index in [2.05, 4.69) is 5.32 Å². The molecule has 0 saturated heterocycles. The third-order valence-electron chi connectivity index (χ3n) is 2.86. The van der Waals surface area contributed by atoms with E-state index >= 15 is 0 Å². The van der Waals surface area contributed by atoms with Crippen LogP contribution in [0.15, 0.2) is 18.2 Å². The van der Waals surface area contributed by atoms with Gasteiger partial charge in [0, 0.05) is 0 Å². The lowest BCUT2D eigenvalue weighted by Crippen LogP contribution is -2.44. The summed E-state index contributed by atoms with van der Waals surface area (Å²) in [7, 11) is 0. The molecule has 1 rings (SSSR count). The molecule has 0 aliphatic rings. The number of aryl methyl sites for hydroxylation is 2. The first-order valence-electron chi connectivity index (χ1n) is 6.23. The fraction of sp³-hybridized carbons (Fsp3) is 0.357. The van der Waals surface area contributed by atoms with Crippen LogP contribution >= 0.6 is 0 Å². The summed E-state index contributed by atoms with van der Waals surface area (Å²) in [4.78, 5) is 32.9. The molecule has 1 atom stereocenters. The summed E-state index contributed by atoms with van der Waals surface area (Å²) in [6.07, 6.45) is -0.690. The van der Waals surface area contributed by atoms with Crippen LogP contribution in [0.5, 0.6) is 5.75 Å². The Balaban J connectivity index is 2.54. The summed E-state index contributed by atoms with van der Waals surface area (Å²) in [5.74, 6) is -2.92. The Morgan fingerprint density at radius 2 is 1.86 bits per heavy atom. The van der Waals surface area contributed by atoms with Gasteiger partial charge in [-0.15, -0.1) is 0 Å². The maximum Gasteiger partial charge on any atom is 0.326 e. The van der Waals surface area contributed by atoms with Crippen molar-refractivity contribution >= 4 is 17.8 Å². The Kier molecular flexibility index (Phi) is 5.71. The van der Waals surface area contributed by atoms with Gasteiger partial charge in [0.25, 0.3) is 5.91 Å². The first-order valence-corrected chi connectivity index (χ1v) is 6.23. The van der Waals surface area contributed by atoms with Crippen molar-refractivity contribution in [2.75, 3.05) is 6.61 Å². The van der Waals surface area contributed by atoms with E-state index in [9.17, 15) is 14.4 Å². The third-order valence-corrected chi connectivity index (χ3v) is 2.86. The Morgan fingerprint density at radius 1 is 1.19 bits per heavy atom. The monoisotopic (exact) mass is 295 g/mol. The van der Waals surface area contributed by atoms with Crippen LogP contribution in [0.3, 0.4) is 0 Å². The highest BCUT2D eigenvalue weighted by Crippen LogP contribution is 2.16. The molecule has 1 aromatic rings. The summed E-state index contributed by atoms with van der Waals surface area (Å²) in [5.41, 5.74) is 2.08. The number of rotatable bonds is 7. The molecular weight excluding hydrogens is 278 g/mol. The van der Waals surface area contributed by atoms with Crippen LogP contribution in [0.4, 0.5) is 0 Å². The van der Waals surface area contributed by atoms with Gasteiger partial charge in [-0.2, -0.15) is 0 Å². The van der Waals surface area contributed by atoms with Crippen molar-refractivity contribution in [3.05, 3.63) is 29.3 Å². The van der Waals surface area contributed by atoms with Gasteiger partial charge in [0.05, 0.1) is 6.42 Å². The van der Waals surface area contributed by atoms with Crippen LogP contribution in [0.25, 0.3) is 0 Å². The number of ether oxygens (including phenoxy) is 1. The lowest BCUT2D eigenvalue weighted by atomic mass is 10.1. The Bertz CT molecular complexity index is 554. The van der Waals surface area contributed by atoms with E-state index < -0.39 is 30.3 Å². The maximum absolute atomic E-state index is 11.6. The van der Waals surface area contributed by atoms with Crippen molar-refractivity contribution in [2.24, 2.45) is 0 Å². The van der Waals surface area contributed by atoms with Gasteiger partial charge in [-0.05, 0) is 37.1 Å². The zero-order chi connectivity index (χ0) is 16.0. The van der Waals surface area contributed by atoms with Gasteiger partial charge >= 0.3 is 11.9 Å². The van der Waals surface area contributed by atoms with Crippen molar-refractivity contribution in [1.29, 1.82) is 0 Å². The zero-order valence-electron chi connectivity index (χ0n) is 11.8. The second-order valence-corrected chi connectivity index (χ2v) is 4.59. The van der Waals surface area contributed by atoms with Gasteiger partial charge in [0.15, 0.2) is 6.61 Å². The third kappa shape index (κ3) is 5.52. The van der Waals surface area contributed by atoms with E-state index in [1.54, 1.807) is 12.1 Å². The molecule has 3 N–H and O–H groups in total. The highest BCUT2D eigenvalue weighted by molar-refractivity contribution is 5.87. The number of carboxylic acid groups (broad SMARTS) is 2. The molecule has 1 unspecified atom stereocenters. The van der Waals surface area contributed by atoms with Crippen molar-refractivity contribution in [3.63, 3.8) is 0 Å². The smallest absolute Gasteiger partial charge is 0.326 e. The van der Waals surface area contributed by atoms with Gasteiger partial charge in [0.1, 0.15) is 11.8 Å². The second-order valence-electron chi connectivity index (χ2n) is 4.59. The van der Waals surface area contributed by atoms with E-state index in [1.165, 1.54) is 0 Å². The fourth-order valence-corrected chi connectivity index (χ4v) is 1.56. The van der Waals surface area contributed by atoms with Crippen molar-refractivity contribution in [2.45, 2.75) is 26.3 Å². The minimum Gasteiger partial charge on any atom is -0.484 e. The van der Waals surface area contributed by atoms with Gasteiger partial charge in [0.2, 0.25) is 0 Å². The number of nitrogens with one attached hydrogen (secondary N) is 1. The number of amides is 1. The minimum absolute atomic E-state index is 0.383. The summed E-state index contributed by atoms with van der Waals surface area (Å²) >= 11 is 0. The minimum atomic E-state index is -1.47. The molecule has 7 heteroatoms. The number of hydrogen-bond donors (Lipinski definition) is 3. The van der Waals surface area contributed by atoms with Gasteiger partial charge < -0.3 is 20.3 Å². The predicted molar refractivity (Wildman–Crippen MR) is 73.2 cm³/mol. The normalized spacial score (nSPS) is 11.5. The predicted octanol–water partition coefficient (Wildman–Crippen LogP) is 0.726. The molecular formula is C14H17NO6. The molecule has 0 spiro atoms. The van der Waals surface area contributed by atoms with Crippen LogP contribution in [0, 0.1) is 13.8 Å². The highest BCUT2D eigenvalue weighted by atomic mass is 16.5. The summed E-state index contributed by atoms with van der Waals surface area (Å²) in [6.45, 7) is 3.46. The number of benzene rings is 1. The Hall–Kier alpha value is -2.57. The lowest BCUT2D eigenvalue weighted by molar-refractivity contribution is -0.147. The van der Waals surface area contributed by atoms with E-state index in [1.807, 2.05) is 19.9 Å². The van der Waals surface area contributed by atoms with Crippen molar-refractivity contribution in [1.82, 2.24) is 5.32 Å². The first-order chi connectivity index (χ1) is 9.79. The molecule has 1 aromatic carbocycles. The average molecular weight is 295 g/mol. The van der Waals surface area contributed by atoms with Gasteiger partial charge in [-0.1, -0.05) is 6.07 Å². The molecule has 0 aliphatic heterocycles. The number of aliphatic carboxylic acids is 2. The van der Waals surface area contributed by atoms with E-state index in [4.69, 9.17) is 14.9 Å². The molecule has 114 valence electrons. The molecule has 7 nitrogen and oxygen atoms in total. The molecule has 0 radical (unpaired) electrons. The molecule has 21 heavy (non-hydrogen) atoms. The Morgan fingerprint density at radius 3 is 2.38 bits per heavy atom. The van der Waals surface area contributed by atoms with E-state index in [-0.39, 0.29) is 6.61 Å². The van der Waals surface area contributed by atoms with Crippen LogP contribution in [0.2, 0.25) is 0 Å². The van der Waals surface area contributed by atoms with E-state index in [0.717, 1.165) is 11.1 Å². The largest absolute Gasteiger partial charge is 0.484 e. The number of carbonyl (C=O) groups excluding carboxylic acids is 1. The molecule has 0 saturated carbocycles. The molecule has 0 bridgehead atoms. The quantitative estimate of drug-likeness (QED) is 0.683. The van der Waals surface area contributed by atoms with Crippen LogP contribution < -0.4 is 10.1 Å². The molecule has 0 aromatic heterocycles.